The molecule has 0 radical (unpaired) electrons. The number of rotatable bonds is 0. The summed E-state index contributed by atoms with van der Waals surface area (Å²) in [6, 6.07) is 0. The Balaban J connectivity index is 2.06. The second-order valence-corrected chi connectivity index (χ2v) is 5.15. The van der Waals surface area contributed by atoms with Gasteiger partial charge in [0.2, 0.25) is 5.91 Å². The van der Waals surface area contributed by atoms with Crippen molar-refractivity contribution in [1.29, 1.82) is 0 Å². The molecule has 0 aromatic heterocycles. The second kappa shape index (κ2) is 2.34. The normalized spacial score (nSPS) is 54.1. The zero-order valence-corrected chi connectivity index (χ0v) is 8.42. The molecule has 2 bridgehead atoms. The minimum atomic E-state index is 0.00704. The molecule has 5 unspecified atom stereocenters. The Morgan fingerprint density at radius 2 is 2.21 bits per heavy atom. The molecule has 1 aliphatic heterocycles. The molecule has 1 amide bonds. The fraction of sp³-hybridized carbons (Fsp3) is 0.750. The lowest BCUT2D eigenvalue weighted by Crippen LogP contribution is -2.29. The minimum Gasteiger partial charge on any atom is -0.356 e. The number of fused-ring (bicyclic) bond motifs is 5. The Bertz CT molecular complexity index is 343. The van der Waals surface area contributed by atoms with E-state index in [2.05, 4.69) is 18.2 Å². The SMILES string of the molecule is C#CC1(C)C2CCC1C1C(=O)NCC12. The van der Waals surface area contributed by atoms with Crippen LogP contribution in [0.4, 0.5) is 0 Å². The molecule has 74 valence electrons. The van der Waals surface area contributed by atoms with Gasteiger partial charge in [-0.15, -0.1) is 6.42 Å². The summed E-state index contributed by atoms with van der Waals surface area (Å²) in [7, 11) is 0. The number of amides is 1. The van der Waals surface area contributed by atoms with Gasteiger partial charge in [-0.2, -0.15) is 0 Å². The van der Waals surface area contributed by atoms with E-state index in [9.17, 15) is 4.79 Å². The first kappa shape index (κ1) is 8.35. The average molecular weight is 189 g/mol. The third-order valence-corrected chi connectivity index (χ3v) is 4.87. The van der Waals surface area contributed by atoms with Crippen LogP contribution in [0.1, 0.15) is 19.8 Å². The van der Waals surface area contributed by atoms with Crippen LogP contribution in [-0.2, 0) is 4.79 Å². The van der Waals surface area contributed by atoms with E-state index in [1.54, 1.807) is 0 Å². The van der Waals surface area contributed by atoms with Crippen LogP contribution in [0, 0.1) is 41.4 Å². The molecule has 14 heavy (non-hydrogen) atoms. The average Bonchev–Trinajstić information content (AvgIpc) is 2.78. The highest BCUT2D eigenvalue weighted by Gasteiger charge is 2.64. The molecule has 3 aliphatic rings. The van der Waals surface area contributed by atoms with Crippen LogP contribution < -0.4 is 5.32 Å². The quantitative estimate of drug-likeness (QED) is 0.566. The molecule has 0 spiro atoms. The van der Waals surface area contributed by atoms with Crippen LogP contribution in [0.25, 0.3) is 0 Å². The molecular weight excluding hydrogens is 174 g/mol. The lowest BCUT2D eigenvalue weighted by Gasteiger charge is -2.25. The van der Waals surface area contributed by atoms with E-state index in [1.165, 1.54) is 6.42 Å². The molecule has 1 heterocycles. The smallest absolute Gasteiger partial charge is 0.223 e. The van der Waals surface area contributed by atoms with E-state index >= 15 is 0 Å². The fourth-order valence-electron chi connectivity index (χ4n) is 4.19. The van der Waals surface area contributed by atoms with Gasteiger partial charge in [-0.1, -0.05) is 5.92 Å². The summed E-state index contributed by atoms with van der Waals surface area (Å²) in [5.41, 5.74) is 0.00704. The van der Waals surface area contributed by atoms with Crippen molar-refractivity contribution < 1.29 is 4.79 Å². The van der Waals surface area contributed by atoms with Crippen molar-refractivity contribution in [2.24, 2.45) is 29.1 Å². The predicted molar refractivity (Wildman–Crippen MR) is 53.1 cm³/mol. The maximum atomic E-state index is 11.7. The lowest BCUT2D eigenvalue weighted by atomic mass is 9.78. The zero-order chi connectivity index (χ0) is 9.92. The van der Waals surface area contributed by atoms with Crippen molar-refractivity contribution >= 4 is 5.91 Å². The van der Waals surface area contributed by atoms with Crippen LogP contribution in [0.5, 0.6) is 0 Å². The highest BCUT2D eigenvalue weighted by atomic mass is 16.2. The standard InChI is InChI=1S/C12H15NO/c1-3-12(2)8-4-5-9(12)10-7(8)6-13-11(10)14/h1,7-10H,4-6H2,2H3,(H,13,14). The van der Waals surface area contributed by atoms with Crippen LogP contribution in [0.15, 0.2) is 0 Å². The molecule has 2 saturated carbocycles. The molecular formula is C12H15NO. The van der Waals surface area contributed by atoms with E-state index in [1.807, 2.05) is 0 Å². The molecule has 3 rings (SSSR count). The van der Waals surface area contributed by atoms with Gasteiger partial charge in [0.05, 0.1) is 0 Å². The van der Waals surface area contributed by atoms with Crippen molar-refractivity contribution in [3.8, 4) is 12.3 Å². The maximum Gasteiger partial charge on any atom is 0.223 e. The highest BCUT2D eigenvalue weighted by molar-refractivity contribution is 5.82. The van der Waals surface area contributed by atoms with Crippen LogP contribution in [0.2, 0.25) is 0 Å². The first-order valence-electron chi connectivity index (χ1n) is 5.44. The number of carbonyl (C=O) groups is 1. The largest absolute Gasteiger partial charge is 0.356 e. The Labute approximate surface area is 84.4 Å². The van der Waals surface area contributed by atoms with E-state index in [-0.39, 0.29) is 17.2 Å². The van der Waals surface area contributed by atoms with Gasteiger partial charge in [-0.05, 0) is 37.5 Å². The van der Waals surface area contributed by atoms with Gasteiger partial charge < -0.3 is 5.32 Å². The van der Waals surface area contributed by atoms with E-state index in [0.717, 1.165) is 13.0 Å². The van der Waals surface area contributed by atoms with Gasteiger partial charge in [-0.25, -0.2) is 0 Å². The summed E-state index contributed by atoms with van der Waals surface area (Å²) < 4.78 is 0. The van der Waals surface area contributed by atoms with Gasteiger partial charge >= 0.3 is 0 Å². The Morgan fingerprint density at radius 1 is 1.50 bits per heavy atom. The minimum absolute atomic E-state index is 0.00704. The molecule has 2 aliphatic carbocycles. The molecule has 5 atom stereocenters. The summed E-state index contributed by atoms with van der Waals surface area (Å²) in [4.78, 5) is 11.7. The van der Waals surface area contributed by atoms with Gasteiger partial charge in [0, 0.05) is 17.9 Å². The van der Waals surface area contributed by atoms with Crippen molar-refractivity contribution in [2.45, 2.75) is 19.8 Å². The van der Waals surface area contributed by atoms with Gasteiger partial charge in [0.15, 0.2) is 0 Å². The van der Waals surface area contributed by atoms with Gasteiger partial charge in [0.25, 0.3) is 0 Å². The third-order valence-electron chi connectivity index (χ3n) is 4.87. The number of nitrogens with one attached hydrogen (secondary N) is 1. The summed E-state index contributed by atoms with van der Waals surface area (Å²) in [6.07, 6.45) is 8.03. The second-order valence-electron chi connectivity index (χ2n) is 5.15. The number of terminal acetylenes is 1. The number of carbonyl (C=O) groups excluding carboxylic acids is 1. The topological polar surface area (TPSA) is 29.1 Å². The van der Waals surface area contributed by atoms with E-state index < -0.39 is 0 Å². The molecule has 2 nitrogen and oxygen atoms in total. The maximum absolute atomic E-state index is 11.7. The van der Waals surface area contributed by atoms with Gasteiger partial charge in [-0.3, -0.25) is 4.79 Å². The first-order chi connectivity index (χ1) is 6.68. The van der Waals surface area contributed by atoms with Crippen molar-refractivity contribution in [2.75, 3.05) is 6.54 Å². The van der Waals surface area contributed by atoms with Crippen LogP contribution in [0.3, 0.4) is 0 Å². The van der Waals surface area contributed by atoms with Crippen LogP contribution in [-0.4, -0.2) is 12.5 Å². The number of hydrogen-bond donors (Lipinski definition) is 1. The van der Waals surface area contributed by atoms with E-state index in [4.69, 9.17) is 6.42 Å². The summed E-state index contributed by atoms with van der Waals surface area (Å²) in [5, 5.41) is 2.98. The summed E-state index contributed by atoms with van der Waals surface area (Å²) >= 11 is 0. The monoisotopic (exact) mass is 189 g/mol. The third kappa shape index (κ3) is 0.692. The molecule has 1 saturated heterocycles. The molecule has 1 N–H and O–H groups in total. The molecule has 0 aromatic rings. The Kier molecular flexibility index (Phi) is 1.39. The number of hydrogen-bond acceptors (Lipinski definition) is 1. The molecule has 3 fully saturated rings. The predicted octanol–water partition coefficient (Wildman–Crippen LogP) is 1.03. The zero-order valence-electron chi connectivity index (χ0n) is 8.42. The van der Waals surface area contributed by atoms with Crippen molar-refractivity contribution in [3.63, 3.8) is 0 Å². The summed E-state index contributed by atoms with van der Waals surface area (Å²) in [6.45, 7) is 3.04. The first-order valence-corrected chi connectivity index (χ1v) is 5.44. The molecule has 0 aromatic carbocycles. The fourth-order valence-corrected chi connectivity index (χ4v) is 4.19. The Morgan fingerprint density at radius 3 is 2.86 bits per heavy atom. The Hall–Kier alpha value is -0.970. The van der Waals surface area contributed by atoms with Crippen LogP contribution >= 0.6 is 0 Å². The highest BCUT2D eigenvalue weighted by Crippen LogP contribution is 2.63. The summed E-state index contributed by atoms with van der Waals surface area (Å²) in [5.74, 6) is 5.02. The van der Waals surface area contributed by atoms with Crippen molar-refractivity contribution in [3.05, 3.63) is 0 Å². The lowest BCUT2D eigenvalue weighted by molar-refractivity contribution is -0.124. The van der Waals surface area contributed by atoms with Gasteiger partial charge in [0.1, 0.15) is 0 Å². The van der Waals surface area contributed by atoms with E-state index in [0.29, 0.717) is 17.8 Å². The molecule has 2 heteroatoms. The van der Waals surface area contributed by atoms with Crippen molar-refractivity contribution in [1.82, 2.24) is 5.32 Å².